The van der Waals surface area contributed by atoms with Crippen LogP contribution in [0.3, 0.4) is 0 Å². The monoisotopic (exact) mass is 320 g/mol. The third-order valence-corrected chi connectivity index (χ3v) is 4.35. The van der Waals surface area contributed by atoms with Gasteiger partial charge in [-0.2, -0.15) is 0 Å². The zero-order valence-electron chi connectivity index (χ0n) is 9.35. The third kappa shape index (κ3) is 2.26. The molecule has 0 N–H and O–H groups in total. The molecule has 0 spiro atoms. The summed E-state index contributed by atoms with van der Waals surface area (Å²) in [5.74, 6) is 0.446. The molecule has 2 heterocycles. The second-order valence-corrected chi connectivity index (χ2v) is 5.89. The molecule has 0 saturated carbocycles. The average Bonchev–Trinajstić information content (AvgIpc) is 2.95. The van der Waals surface area contributed by atoms with Crippen molar-refractivity contribution in [2.75, 3.05) is 0 Å². The van der Waals surface area contributed by atoms with Crippen LogP contribution in [0.15, 0.2) is 50.7 Å². The predicted molar refractivity (Wildman–Crippen MR) is 76.3 cm³/mol. The first-order valence-corrected chi connectivity index (χ1v) is 7.14. The highest BCUT2D eigenvalue weighted by atomic mass is 79.9. The molecule has 0 fully saturated rings. The van der Waals surface area contributed by atoms with Crippen molar-refractivity contribution in [3.8, 4) is 0 Å². The number of hydrogen-bond donors (Lipinski definition) is 0. The first kappa shape index (κ1) is 11.7. The number of furan rings is 1. The first-order chi connectivity index (χ1) is 8.72. The number of halogens is 1. The normalized spacial score (nSPS) is 10.9. The number of fused-ring (bicyclic) bond motifs is 1. The number of rotatable bonds is 3. The molecule has 90 valence electrons. The SMILES string of the molecule is O=C(Cc1cc(Br)cs1)c1cc2ccccc2o1. The second kappa shape index (κ2) is 4.71. The van der Waals surface area contributed by atoms with Crippen LogP contribution in [0.5, 0.6) is 0 Å². The van der Waals surface area contributed by atoms with Crippen LogP contribution >= 0.6 is 27.3 Å². The molecule has 2 aromatic heterocycles. The fraction of sp³-hybridized carbons (Fsp3) is 0.0714. The number of carbonyl (C=O) groups excluding carboxylic acids is 1. The number of Topliss-reactive ketones (excluding diaryl/α,β-unsaturated/α-hetero) is 1. The Morgan fingerprint density at radius 3 is 2.83 bits per heavy atom. The van der Waals surface area contributed by atoms with Gasteiger partial charge < -0.3 is 4.42 Å². The van der Waals surface area contributed by atoms with Gasteiger partial charge in [0.05, 0.1) is 0 Å². The van der Waals surface area contributed by atoms with Crippen LogP contribution in [-0.2, 0) is 6.42 Å². The predicted octanol–water partition coefficient (Wildman–Crippen LogP) is 4.68. The van der Waals surface area contributed by atoms with E-state index in [0.717, 1.165) is 20.3 Å². The van der Waals surface area contributed by atoms with E-state index in [9.17, 15) is 4.79 Å². The Hall–Kier alpha value is -1.39. The maximum Gasteiger partial charge on any atom is 0.203 e. The molecule has 0 unspecified atom stereocenters. The molecule has 1 aromatic carbocycles. The van der Waals surface area contributed by atoms with Gasteiger partial charge >= 0.3 is 0 Å². The molecule has 0 saturated heterocycles. The number of thiophene rings is 1. The van der Waals surface area contributed by atoms with Crippen molar-refractivity contribution in [2.45, 2.75) is 6.42 Å². The zero-order valence-corrected chi connectivity index (χ0v) is 11.8. The van der Waals surface area contributed by atoms with E-state index >= 15 is 0 Å². The first-order valence-electron chi connectivity index (χ1n) is 5.47. The van der Waals surface area contributed by atoms with Crippen LogP contribution in [-0.4, -0.2) is 5.78 Å². The van der Waals surface area contributed by atoms with Crippen molar-refractivity contribution in [3.05, 3.63) is 56.9 Å². The summed E-state index contributed by atoms with van der Waals surface area (Å²) in [6, 6.07) is 11.4. The Morgan fingerprint density at radius 2 is 2.11 bits per heavy atom. The minimum atomic E-state index is 0.0144. The molecule has 0 bridgehead atoms. The average molecular weight is 321 g/mol. The molecule has 0 aliphatic heterocycles. The summed E-state index contributed by atoms with van der Waals surface area (Å²) in [5, 5.41) is 2.94. The lowest BCUT2D eigenvalue weighted by Gasteiger charge is -1.93. The van der Waals surface area contributed by atoms with E-state index in [4.69, 9.17) is 4.42 Å². The largest absolute Gasteiger partial charge is 0.453 e. The lowest BCUT2D eigenvalue weighted by molar-refractivity contribution is 0.0969. The lowest BCUT2D eigenvalue weighted by atomic mass is 10.2. The van der Waals surface area contributed by atoms with Crippen LogP contribution < -0.4 is 0 Å². The Kier molecular flexibility index (Phi) is 3.06. The third-order valence-electron chi connectivity index (χ3n) is 2.66. The number of carbonyl (C=O) groups is 1. The van der Waals surface area contributed by atoms with Gasteiger partial charge in [-0.25, -0.2) is 0 Å². The Labute approximate surface area is 116 Å². The lowest BCUT2D eigenvalue weighted by Crippen LogP contribution is -1.99. The molecular weight excluding hydrogens is 312 g/mol. The minimum absolute atomic E-state index is 0.0144. The molecule has 0 aliphatic rings. The number of ketones is 1. The van der Waals surface area contributed by atoms with Gasteiger partial charge in [-0.05, 0) is 34.1 Å². The van der Waals surface area contributed by atoms with Crippen molar-refractivity contribution >= 4 is 44.0 Å². The highest BCUT2D eigenvalue weighted by Crippen LogP contribution is 2.23. The summed E-state index contributed by atoms with van der Waals surface area (Å²) in [5.41, 5.74) is 0.758. The van der Waals surface area contributed by atoms with E-state index in [2.05, 4.69) is 15.9 Å². The standard InChI is InChI=1S/C14H9BrO2S/c15-10-6-11(18-8-10)7-12(16)14-5-9-3-1-2-4-13(9)17-14/h1-6,8H,7H2. The van der Waals surface area contributed by atoms with Crippen molar-refractivity contribution < 1.29 is 9.21 Å². The Morgan fingerprint density at radius 1 is 1.28 bits per heavy atom. The summed E-state index contributed by atoms with van der Waals surface area (Å²) in [6.45, 7) is 0. The molecule has 2 nitrogen and oxygen atoms in total. The molecule has 0 radical (unpaired) electrons. The summed E-state index contributed by atoms with van der Waals surface area (Å²) in [6.07, 6.45) is 0.385. The summed E-state index contributed by atoms with van der Waals surface area (Å²) in [4.78, 5) is 13.1. The minimum Gasteiger partial charge on any atom is -0.453 e. The summed E-state index contributed by atoms with van der Waals surface area (Å²) >= 11 is 4.95. The molecule has 4 heteroatoms. The highest BCUT2D eigenvalue weighted by Gasteiger charge is 2.13. The van der Waals surface area contributed by atoms with Gasteiger partial charge in [-0.3, -0.25) is 4.79 Å². The van der Waals surface area contributed by atoms with E-state index in [1.54, 1.807) is 17.4 Å². The van der Waals surface area contributed by atoms with Crippen molar-refractivity contribution in [3.63, 3.8) is 0 Å². The van der Waals surface area contributed by atoms with Gasteiger partial charge in [0.25, 0.3) is 0 Å². The molecule has 0 atom stereocenters. The summed E-state index contributed by atoms with van der Waals surface area (Å²) in [7, 11) is 0. The number of hydrogen-bond acceptors (Lipinski definition) is 3. The van der Waals surface area contributed by atoms with Gasteiger partial charge in [-0.15, -0.1) is 11.3 Å². The van der Waals surface area contributed by atoms with Crippen LogP contribution in [0, 0.1) is 0 Å². The maximum atomic E-state index is 12.1. The van der Waals surface area contributed by atoms with Gasteiger partial charge in [-0.1, -0.05) is 18.2 Å². The van der Waals surface area contributed by atoms with Gasteiger partial charge in [0, 0.05) is 26.5 Å². The van der Waals surface area contributed by atoms with E-state index < -0.39 is 0 Å². The topological polar surface area (TPSA) is 30.2 Å². The smallest absolute Gasteiger partial charge is 0.203 e. The summed E-state index contributed by atoms with van der Waals surface area (Å²) < 4.78 is 6.57. The second-order valence-electron chi connectivity index (χ2n) is 3.98. The zero-order chi connectivity index (χ0) is 12.5. The van der Waals surface area contributed by atoms with Crippen LogP contribution in [0.1, 0.15) is 15.4 Å². The van der Waals surface area contributed by atoms with Gasteiger partial charge in [0.15, 0.2) is 5.76 Å². The van der Waals surface area contributed by atoms with Crippen LogP contribution in [0.25, 0.3) is 11.0 Å². The van der Waals surface area contributed by atoms with Crippen LogP contribution in [0.4, 0.5) is 0 Å². The van der Waals surface area contributed by atoms with E-state index in [-0.39, 0.29) is 5.78 Å². The molecule has 18 heavy (non-hydrogen) atoms. The molecular formula is C14H9BrO2S. The molecule has 0 amide bonds. The fourth-order valence-corrected chi connectivity index (χ4v) is 3.26. The Bertz CT molecular complexity index is 678. The fourth-order valence-electron chi connectivity index (χ4n) is 1.81. The van der Waals surface area contributed by atoms with Crippen molar-refractivity contribution in [2.24, 2.45) is 0 Å². The quantitative estimate of drug-likeness (QED) is 0.656. The van der Waals surface area contributed by atoms with E-state index in [1.165, 1.54) is 0 Å². The van der Waals surface area contributed by atoms with Gasteiger partial charge in [0.2, 0.25) is 5.78 Å². The van der Waals surface area contributed by atoms with Gasteiger partial charge in [0.1, 0.15) is 5.58 Å². The molecule has 0 aliphatic carbocycles. The van der Waals surface area contributed by atoms with E-state index in [0.29, 0.717) is 12.2 Å². The number of benzene rings is 1. The maximum absolute atomic E-state index is 12.1. The van der Waals surface area contributed by atoms with Crippen molar-refractivity contribution in [1.29, 1.82) is 0 Å². The van der Waals surface area contributed by atoms with Crippen LogP contribution in [0.2, 0.25) is 0 Å². The Balaban J connectivity index is 1.87. The molecule has 3 rings (SSSR count). The number of para-hydroxylation sites is 1. The highest BCUT2D eigenvalue weighted by molar-refractivity contribution is 9.10. The van der Waals surface area contributed by atoms with Crippen molar-refractivity contribution in [1.82, 2.24) is 0 Å². The molecule has 3 aromatic rings. The van der Waals surface area contributed by atoms with E-state index in [1.807, 2.05) is 35.7 Å².